The molecule has 3 amide bonds. The molecular weight excluding hydrogens is 352 g/mol. The number of nitrogens with zero attached hydrogens (tertiary/aromatic N) is 1. The zero-order valence-corrected chi connectivity index (χ0v) is 15.4. The van der Waals surface area contributed by atoms with E-state index in [1.807, 2.05) is 6.92 Å². The Hall–Kier alpha value is -1.22. The Kier molecular flexibility index (Phi) is 7.78. The molecular formula is C15H24N2O5S2. The van der Waals surface area contributed by atoms with Crippen LogP contribution in [0.5, 0.6) is 0 Å². The summed E-state index contributed by atoms with van der Waals surface area (Å²) in [5.74, 6) is -1.57. The first-order valence-electron chi connectivity index (χ1n) is 8.73. The summed E-state index contributed by atoms with van der Waals surface area (Å²) in [6, 6.07) is 0. The first-order chi connectivity index (χ1) is 12.3. The minimum absolute atomic E-state index is 0.158. The Bertz CT molecular complexity index is 538. The van der Waals surface area contributed by atoms with Crippen molar-refractivity contribution in [1.29, 1.82) is 1.43 Å². The number of rotatable bonds is 11. The van der Waals surface area contributed by atoms with Gasteiger partial charge in [0.05, 0.1) is 5.92 Å². The zero-order valence-electron chi connectivity index (χ0n) is 15.8. The van der Waals surface area contributed by atoms with Gasteiger partial charge in [0.25, 0.3) is 1.43 Å². The molecule has 24 heavy (non-hydrogen) atoms. The fourth-order valence-corrected chi connectivity index (χ4v) is 4.41. The summed E-state index contributed by atoms with van der Waals surface area (Å²) in [7, 11) is 3.27. The van der Waals surface area contributed by atoms with Crippen molar-refractivity contribution in [2.24, 2.45) is 5.92 Å². The third-order valence-electron chi connectivity index (χ3n) is 3.46. The van der Waals surface area contributed by atoms with Gasteiger partial charge in [-0.05, 0) is 12.8 Å². The van der Waals surface area contributed by atoms with Gasteiger partial charge >= 0.3 is 5.97 Å². The summed E-state index contributed by atoms with van der Waals surface area (Å²) in [6.07, 6.45) is 0.106. The molecule has 136 valence electrons. The highest BCUT2D eigenvalue weighted by molar-refractivity contribution is 8.76. The number of nitrogens with one attached hydrogen (secondary N) is 1. The van der Waals surface area contributed by atoms with Crippen molar-refractivity contribution in [2.45, 2.75) is 44.8 Å². The number of carboxylic acid groups (broad SMARTS) is 1. The van der Waals surface area contributed by atoms with Gasteiger partial charge in [0.1, 0.15) is 6.54 Å². The molecule has 0 radical (unpaired) electrons. The van der Waals surface area contributed by atoms with E-state index in [9.17, 15) is 19.2 Å². The smallest absolute Gasteiger partial charge is 0.306 e. The van der Waals surface area contributed by atoms with Crippen LogP contribution in [0.2, 0.25) is 0 Å². The summed E-state index contributed by atoms with van der Waals surface area (Å²) >= 11 is 0. The van der Waals surface area contributed by atoms with Crippen LogP contribution >= 0.6 is 21.6 Å². The topological polar surface area (TPSA) is 104 Å². The van der Waals surface area contributed by atoms with E-state index in [0.29, 0.717) is 13.0 Å². The average Bonchev–Trinajstić information content (AvgIpc) is 2.83. The maximum absolute atomic E-state index is 11.8. The van der Waals surface area contributed by atoms with Gasteiger partial charge in [0.15, 0.2) is 0 Å². The predicted octanol–water partition coefficient (Wildman–Crippen LogP) is 1.52. The molecule has 0 spiro atoms. The zero-order chi connectivity index (χ0) is 19.7. The van der Waals surface area contributed by atoms with Gasteiger partial charge in [-0.15, -0.1) is 0 Å². The van der Waals surface area contributed by atoms with E-state index < -0.39 is 30.1 Å². The Morgan fingerprint density at radius 1 is 1.42 bits per heavy atom. The van der Waals surface area contributed by atoms with Crippen molar-refractivity contribution in [3.63, 3.8) is 0 Å². The predicted molar refractivity (Wildman–Crippen MR) is 94.5 cm³/mol. The maximum Gasteiger partial charge on any atom is 0.306 e. The molecule has 0 aromatic carbocycles. The molecule has 3 unspecified atom stereocenters. The van der Waals surface area contributed by atoms with Gasteiger partial charge in [0, 0.05) is 31.7 Å². The van der Waals surface area contributed by atoms with Gasteiger partial charge in [-0.1, -0.05) is 35.4 Å². The summed E-state index contributed by atoms with van der Waals surface area (Å²) in [5.41, 5.74) is 0. The summed E-state index contributed by atoms with van der Waals surface area (Å²) in [5, 5.41) is 6.88. The van der Waals surface area contributed by atoms with E-state index in [4.69, 9.17) is 2.80 Å². The second kappa shape index (κ2) is 10.6. The number of hydrogen-bond donors (Lipinski definition) is 2. The summed E-state index contributed by atoms with van der Waals surface area (Å²) < 4.78 is 14.0. The molecule has 1 aliphatic heterocycles. The highest BCUT2D eigenvalue weighted by Crippen LogP contribution is 2.29. The first-order valence-corrected chi connectivity index (χ1v) is 10.1. The van der Waals surface area contributed by atoms with Crippen LogP contribution in [0.1, 0.15) is 40.9 Å². The third-order valence-corrected chi connectivity index (χ3v) is 6.46. The second-order valence-electron chi connectivity index (χ2n) is 5.60. The Labute approximate surface area is 152 Å². The number of imide groups is 1. The fraction of sp³-hybridized carbons (Fsp3) is 0.733. The number of likely N-dealkylation sites (tertiary alicyclic amines) is 1. The van der Waals surface area contributed by atoms with Gasteiger partial charge in [-0.2, -0.15) is 0 Å². The van der Waals surface area contributed by atoms with Crippen LogP contribution in [0.4, 0.5) is 0 Å². The first kappa shape index (κ1) is 17.6. The van der Waals surface area contributed by atoms with Gasteiger partial charge in [-0.25, -0.2) is 0 Å². The molecule has 1 heterocycles. The third kappa shape index (κ3) is 7.57. The lowest BCUT2D eigenvalue weighted by Gasteiger charge is -2.15. The van der Waals surface area contributed by atoms with Crippen molar-refractivity contribution in [3.05, 3.63) is 0 Å². The molecule has 0 aromatic heterocycles. The molecule has 2 N–H and O–H groups in total. The van der Waals surface area contributed by atoms with E-state index in [1.165, 1.54) is 0 Å². The number of carbonyl (C=O) groups is 4. The Morgan fingerprint density at radius 2 is 2.17 bits per heavy atom. The summed E-state index contributed by atoms with van der Waals surface area (Å²) in [4.78, 5) is 46.9. The molecule has 7 nitrogen and oxygen atoms in total. The van der Waals surface area contributed by atoms with Crippen molar-refractivity contribution in [2.75, 3.05) is 18.8 Å². The van der Waals surface area contributed by atoms with E-state index in [0.717, 1.165) is 17.1 Å². The number of amides is 3. The highest BCUT2D eigenvalue weighted by atomic mass is 33.1. The molecule has 1 saturated heterocycles. The quantitative estimate of drug-likeness (QED) is 0.319. The Morgan fingerprint density at radius 3 is 2.79 bits per heavy atom. The molecule has 0 bridgehead atoms. The molecule has 3 atom stereocenters. The standard InChI is InChI=1S/C15H24N2O5S2/c1-10(15(21)22)6-8-23-24-11(2)5-7-16-12(18)9-17-13(19)3-4-14(17)20/h10-11H,3-9H2,1-2H3,(H,16,18)(H,21,22)/i3T/hD. The van der Waals surface area contributed by atoms with E-state index in [1.54, 1.807) is 28.5 Å². The molecule has 0 aliphatic carbocycles. The molecule has 1 aliphatic rings. The van der Waals surface area contributed by atoms with Crippen molar-refractivity contribution in [3.8, 4) is 0 Å². The summed E-state index contributed by atoms with van der Waals surface area (Å²) in [6.45, 7) is 3.84. The van der Waals surface area contributed by atoms with Gasteiger partial charge < -0.3 is 10.4 Å². The SMILES string of the molecule is [2H]OC(=O)C(C)CCSSC(C)CCNC(=O)CN1C(=O)CC([3H])C1=O. The number of carbonyl (C=O) groups excluding carboxylic acids is 3. The molecule has 1 rings (SSSR count). The molecule has 9 heteroatoms. The van der Waals surface area contributed by atoms with E-state index in [-0.39, 0.29) is 24.1 Å². The second-order valence-corrected chi connectivity index (χ2v) is 8.53. The van der Waals surface area contributed by atoms with Gasteiger partial charge in [0.2, 0.25) is 17.7 Å². The number of carboxylic acids is 1. The Balaban J connectivity index is 2.13. The average molecular weight is 380 g/mol. The van der Waals surface area contributed by atoms with Gasteiger partial charge in [-0.3, -0.25) is 24.1 Å². The van der Waals surface area contributed by atoms with Crippen LogP contribution in [0.15, 0.2) is 0 Å². The lowest BCUT2D eigenvalue weighted by atomic mass is 10.1. The van der Waals surface area contributed by atoms with Crippen LogP contribution < -0.4 is 5.32 Å². The fourth-order valence-electron chi connectivity index (χ4n) is 1.85. The van der Waals surface area contributed by atoms with Crippen molar-refractivity contribution in [1.82, 2.24) is 10.2 Å². The van der Waals surface area contributed by atoms with E-state index >= 15 is 0 Å². The lowest BCUT2D eigenvalue weighted by Crippen LogP contribution is -2.40. The minimum atomic E-state index is -1.09. The number of aliphatic carboxylic acids is 1. The minimum Gasteiger partial charge on any atom is -0.481 e. The van der Waals surface area contributed by atoms with Crippen molar-refractivity contribution >= 4 is 45.3 Å². The van der Waals surface area contributed by atoms with E-state index in [2.05, 4.69) is 10.4 Å². The normalized spacial score (nSPS) is 21.1. The largest absolute Gasteiger partial charge is 0.481 e. The highest BCUT2D eigenvalue weighted by Gasteiger charge is 2.30. The van der Waals surface area contributed by atoms with Crippen LogP contribution in [-0.4, -0.2) is 57.8 Å². The van der Waals surface area contributed by atoms with Crippen LogP contribution in [0, 0.1) is 5.92 Å². The van der Waals surface area contributed by atoms with Crippen LogP contribution in [0.25, 0.3) is 1.43 Å². The number of hydrogen-bond acceptors (Lipinski definition) is 7. The lowest BCUT2D eigenvalue weighted by molar-refractivity contribution is -0.142. The molecule has 1 fully saturated rings. The molecule has 0 saturated carbocycles. The van der Waals surface area contributed by atoms with Crippen LogP contribution in [-0.2, 0) is 19.2 Å². The van der Waals surface area contributed by atoms with Crippen LogP contribution in [0.3, 0.4) is 0 Å². The molecule has 0 aromatic rings. The monoisotopic (exact) mass is 379 g/mol. The van der Waals surface area contributed by atoms with Crippen molar-refractivity contribution < 1.29 is 25.7 Å². The maximum atomic E-state index is 11.8.